The van der Waals surface area contributed by atoms with Gasteiger partial charge in [0, 0.05) is 3.92 Å². The van der Waals surface area contributed by atoms with Crippen LogP contribution in [-0.2, 0) is 0 Å². The van der Waals surface area contributed by atoms with Crippen LogP contribution in [0.15, 0.2) is 0 Å². The van der Waals surface area contributed by atoms with Crippen LogP contribution >= 0.6 is 22.6 Å². The first-order valence-corrected chi connectivity index (χ1v) is 5.00. The Morgan fingerprint density at radius 2 is 2.08 bits per heavy atom. The lowest BCUT2D eigenvalue weighted by Gasteiger charge is -2.03. The van der Waals surface area contributed by atoms with Gasteiger partial charge < -0.3 is 9.47 Å². The molecule has 1 aliphatic rings. The number of hydrogen-bond donors (Lipinski definition) is 0. The van der Waals surface area contributed by atoms with Gasteiger partial charge in [0.1, 0.15) is 0 Å². The first kappa shape index (κ1) is 8.88. The normalized spacial score (nSPS) is 15.3. The van der Waals surface area contributed by atoms with Crippen LogP contribution in [0.25, 0.3) is 0 Å². The van der Waals surface area contributed by atoms with E-state index in [1.165, 1.54) is 0 Å². The molecule has 1 unspecified atom stereocenters. The van der Waals surface area contributed by atoms with Crippen molar-refractivity contribution in [2.75, 3.05) is 6.79 Å². The highest BCUT2D eigenvalue weighted by atomic mass is 127. The second-order valence-electron chi connectivity index (χ2n) is 2.66. The molecule has 0 bridgehead atoms. The molecular weight excluding hydrogens is 286 g/mol. The minimum Gasteiger partial charge on any atom is -0.452 e. The molecule has 1 aromatic rings. The molecule has 1 atom stereocenters. The number of alkyl halides is 1. The average Bonchev–Trinajstić information content (AvgIpc) is 2.53. The summed E-state index contributed by atoms with van der Waals surface area (Å²) in [4.78, 5) is 0. The third-order valence-corrected chi connectivity index (χ3v) is 2.38. The van der Waals surface area contributed by atoms with Gasteiger partial charge in [-0.15, -0.1) is 0 Å². The van der Waals surface area contributed by atoms with Gasteiger partial charge in [-0.3, -0.25) is 0 Å². The van der Waals surface area contributed by atoms with Crippen molar-refractivity contribution in [1.29, 1.82) is 0 Å². The summed E-state index contributed by atoms with van der Waals surface area (Å²) in [5, 5.41) is 0. The molecule has 13 heavy (non-hydrogen) atoms. The van der Waals surface area contributed by atoms with E-state index in [2.05, 4.69) is 34.7 Å². The molecule has 68 valence electrons. The van der Waals surface area contributed by atoms with Gasteiger partial charge in [-0.2, -0.15) is 4.39 Å². The van der Waals surface area contributed by atoms with Crippen molar-refractivity contribution in [3.05, 3.63) is 23.5 Å². The Morgan fingerprint density at radius 1 is 1.38 bits per heavy atom. The fraction of sp³-hybridized carbons (Fsp3) is 0.333. The first-order valence-electron chi connectivity index (χ1n) is 3.76. The highest BCUT2D eigenvalue weighted by Crippen LogP contribution is 2.40. The highest BCUT2D eigenvalue weighted by Gasteiger charge is 2.23. The molecule has 2 rings (SSSR count). The highest BCUT2D eigenvalue weighted by molar-refractivity contribution is 14.1. The zero-order valence-electron chi connectivity index (χ0n) is 6.86. The Labute approximate surface area is 89.2 Å². The molecule has 2 nitrogen and oxygen atoms in total. The van der Waals surface area contributed by atoms with Crippen LogP contribution in [0.2, 0.25) is 0 Å². The van der Waals surface area contributed by atoms with Crippen LogP contribution in [0.3, 0.4) is 0 Å². The summed E-state index contributed by atoms with van der Waals surface area (Å²) in [5.74, 6) is 0.101. The maximum absolute atomic E-state index is 13.0. The summed E-state index contributed by atoms with van der Waals surface area (Å²) in [7, 11) is 0. The van der Waals surface area contributed by atoms with Crippen LogP contribution in [0.1, 0.15) is 16.4 Å². The van der Waals surface area contributed by atoms with Crippen LogP contribution in [-0.4, -0.2) is 6.79 Å². The second kappa shape index (κ2) is 3.22. The molecule has 0 N–H and O–H groups in total. The van der Waals surface area contributed by atoms with Gasteiger partial charge in [0.25, 0.3) is 0 Å². The van der Waals surface area contributed by atoms with Crippen molar-refractivity contribution in [2.45, 2.75) is 10.8 Å². The topological polar surface area (TPSA) is 18.5 Å². The minimum absolute atomic E-state index is 0.0777. The zero-order valence-corrected chi connectivity index (χ0v) is 9.01. The fourth-order valence-electron chi connectivity index (χ4n) is 1.16. The smallest absolute Gasteiger partial charge is 0.231 e. The van der Waals surface area contributed by atoms with Gasteiger partial charge in [0.2, 0.25) is 18.4 Å². The van der Waals surface area contributed by atoms with Crippen molar-refractivity contribution >= 4 is 22.6 Å². The van der Waals surface area contributed by atoms with Crippen molar-refractivity contribution < 1.29 is 13.9 Å². The Hall–Kier alpha value is -0.700. The molecule has 0 radical (unpaired) electrons. The van der Waals surface area contributed by atoms with E-state index in [1.807, 2.05) is 6.92 Å². The van der Waals surface area contributed by atoms with Crippen LogP contribution in [0.4, 0.5) is 4.39 Å². The predicted molar refractivity (Wildman–Crippen MR) is 52.6 cm³/mol. The zero-order chi connectivity index (χ0) is 9.42. The Morgan fingerprint density at radius 3 is 2.77 bits per heavy atom. The van der Waals surface area contributed by atoms with E-state index in [1.54, 1.807) is 0 Å². The molecule has 1 aromatic carbocycles. The molecule has 0 saturated carbocycles. The molecule has 0 aromatic heterocycles. The van der Waals surface area contributed by atoms with Crippen LogP contribution < -0.4 is 9.47 Å². The van der Waals surface area contributed by atoms with Gasteiger partial charge in [-0.1, -0.05) is 28.7 Å². The molecule has 0 spiro atoms. The second-order valence-corrected chi connectivity index (χ2v) is 4.53. The van der Waals surface area contributed by atoms with E-state index < -0.39 is 5.82 Å². The van der Waals surface area contributed by atoms with Crippen LogP contribution in [0.5, 0.6) is 11.5 Å². The van der Waals surface area contributed by atoms with Gasteiger partial charge in [0.05, 0.1) is 5.56 Å². The van der Waals surface area contributed by atoms with E-state index in [0.717, 1.165) is 5.56 Å². The summed E-state index contributed by atoms with van der Waals surface area (Å²) in [6.07, 6.45) is 0. The summed E-state index contributed by atoms with van der Waals surface area (Å²) < 4.78 is 23.4. The van der Waals surface area contributed by atoms with Crippen molar-refractivity contribution in [2.24, 2.45) is 0 Å². The van der Waals surface area contributed by atoms with Gasteiger partial charge in [-0.25, -0.2) is 0 Å². The summed E-state index contributed by atoms with van der Waals surface area (Å²) in [5.41, 5.74) is 0.800. The number of hydrogen-bond acceptors (Lipinski definition) is 2. The molecule has 0 saturated heterocycles. The third-order valence-electron chi connectivity index (χ3n) is 1.76. The van der Waals surface area contributed by atoms with Crippen molar-refractivity contribution in [3.63, 3.8) is 0 Å². The summed E-state index contributed by atoms with van der Waals surface area (Å²) >= 11 is 2.20. The number of fused-ring (bicyclic) bond motifs is 1. The lowest BCUT2D eigenvalue weighted by Crippen LogP contribution is -1.94. The van der Waals surface area contributed by atoms with E-state index in [4.69, 9.17) is 9.47 Å². The van der Waals surface area contributed by atoms with Crippen LogP contribution in [0, 0.1) is 17.9 Å². The monoisotopic (exact) mass is 292 g/mol. The number of halogens is 2. The van der Waals surface area contributed by atoms with Crippen molar-refractivity contribution in [3.8, 4) is 11.5 Å². The molecule has 0 aliphatic carbocycles. The average molecular weight is 292 g/mol. The summed E-state index contributed by atoms with van der Waals surface area (Å²) in [6, 6.07) is 5.10. The summed E-state index contributed by atoms with van der Waals surface area (Å²) in [6.45, 7) is 2.05. The van der Waals surface area contributed by atoms with E-state index in [0.29, 0.717) is 5.75 Å². The molecule has 0 amide bonds. The van der Waals surface area contributed by atoms with E-state index in [9.17, 15) is 4.39 Å². The Bertz CT molecular complexity index is 339. The maximum atomic E-state index is 13.0. The Kier molecular flexibility index (Phi) is 2.20. The molecular formula is C9H6FIO2. The van der Waals surface area contributed by atoms with E-state index in [-0.39, 0.29) is 16.5 Å². The molecule has 4 heteroatoms. The lowest BCUT2D eigenvalue weighted by atomic mass is 10.2. The number of rotatable bonds is 1. The van der Waals surface area contributed by atoms with Gasteiger partial charge in [0.15, 0.2) is 5.75 Å². The maximum Gasteiger partial charge on any atom is 0.231 e. The fourth-order valence-corrected chi connectivity index (χ4v) is 1.60. The minimum atomic E-state index is -0.534. The third kappa shape index (κ3) is 1.41. The predicted octanol–water partition coefficient (Wildman–Crippen LogP) is 2.65. The SMILES string of the molecule is CC(I)c1c#cc(F)c2c1OCO2. The largest absolute Gasteiger partial charge is 0.452 e. The van der Waals surface area contributed by atoms with Gasteiger partial charge >= 0.3 is 0 Å². The lowest BCUT2D eigenvalue weighted by molar-refractivity contribution is 0.170. The molecule has 0 fully saturated rings. The Balaban J connectivity index is 2.56. The first-order chi connectivity index (χ1) is 6.20. The van der Waals surface area contributed by atoms with E-state index >= 15 is 0 Å². The van der Waals surface area contributed by atoms with Gasteiger partial charge in [-0.05, 0) is 13.0 Å². The quantitative estimate of drug-likeness (QED) is 0.585. The van der Waals surface area contributed by atoms with Crippen molar-refractivity contribution in [1.82, 2.24) is 0 Å². The molecule has 1 aliphatic heterocycles. The number of ether oxygens (including phenoxy) is 2. The standard InChI is InChI=1S/C9H6FIO2/c1-5(11)6-2-3-7(10)9-8(6)12-4-13-9/h5H,4H2,1H3. The molecule has 1 heterocycles.